The number of nitriles is 2. The Kier molecular flexibility index (Phi) is 4.49. The van der Waals surface area contributed by atoms with Crippen LogP contribution in [0.15, 0.2) is 36.9 Å². The van der Waals surface area contributed by atoms with Crippen LogP contribution < -0.4 is 0 Å². The molecule has 0 saturated heterocycles. The summed E-state index contributed by atoms with van der Waals surface area (Å²) in [6.45, 7) is 8.29. The van der Waals surface area contributed by atoms with Crippen molar-refractivity contribution in [2.75, 3.05) is 0 Å². The minimum absolute atomic E-state index is 0.328. The molecule has 1 aromatic rings. The lowest BCUT2D eigenvalue weighted by Gasteiger charge is -2.48. The van der Waals surface area contributed by atoms with Crippen molar-refractivity contribution in [1.82, 2.24) is 0 Å². The zero-order chi connectivity index (χ0) is 15.5. The second-order valence-electron chi connectivity index (χ2n) is 6.27. The molecule has 0 aliphatic heterocycles. The van der Waals surface area contributed by atoms with Crippen molar-refractivity contribution in [2.45, 2.75) is 38.5 Å². The van der Waals surface area contributed by atoms with Crippen molar-refractivity contribution in [3.8, 4) is 12.1 Å². The topological polar surface area (TPSA) is 47.6 Å². The van der Waals surface area contributed by atoms with Crippen LogP contribution in [0.4, 0.5) is 0 Å². The van der Waals surface area contributed by atoms with Gasteiger partial charge in [0.05, 0.1) is 12.1 Å². The average Bonchev–Trinajstić information content (AvgIpc) is 2.49. The second-order valence-corrected chi connectivity index (χ2v) is 6.27. The van der Waals surface area contributed by atoms with E-state index in [2.05, 4.69) is 44.7 Å². The maximum Gasteiger partial charge on any atom is 0.143 e. The molecule has 2 heteroatoms. The molecule has 108 valence electrons. The van der Waals surface area contributed by atoms with Crippen LogP contribution in [0.25, 0.3) is 0 Å². The van der Waals surface area contributed by atoms with Crippen LogP contribution in [0.5, 0.6) is 0 Å². The molecule has 1 aromatic carbocycles. The van der Waals surface area contributed by atoms with Crippen LogP contribution in [0.3, 0.4) is 0 Å². The summed E-state index contributed by atoms with van der Waals surface area (Å²) in [6, 6.07) is 12.8. The first-order chi connectivity index (χ1) is 10.1. The fourth-order valence-corrected chi connectivity index (χ4v) is 4.14. The van der Waals surface area contributed by atoms with E-state index in [4.69, 9.17) is 0 Å². The molecule has 1 unspecified atom stereocenters. The molecule has 0 N–H and O–H groups in total. The Labute approximate surface area is 127 Å². The Morgan fingerprint density at radius 3 is 2.57 bits per heavy atom. The molecule has 0 radical (unpaired) electrons. The summed E-state index contributed by atoms with van der Waals surface area (Å²) in [4.78, 5) is 0. The van der Waals surface area contributed by atoms with Crippen molar-refractivity contribution < 1.29 is 0 Å². The number of hydrogen-bond donors (Lipinski definition) is 0. The molecular weight excluding hydrogens is 256 g/mol. The molecule has 0 bridgehead atoms. The van der Waals surface area contributed by atoms with Gasteiger partial charge in [0, 0.05) is 5.41 Å². The first-order valence-corrected chi connectivity index (χ1v) is 7.60. The molecule has 2 atom stereocenters. The quantitative estimate of drug-likeness (QED) is 0.767. The number of allylic oxidation sites excluding steroid dienone is 1. The van der Waals surface area contributed by atoms with Gasteiger partial charge in [-0.15, -0.1) is 6.58 Å². The van der Waals surface area contributed by atoms with E-state index in [0.717, 1.165) is 12.8 Å². The van der Waals surface area contributed by atoms with Crippen molar-refractivity contribution in [3.63, 3.8) is 0 Å². The van der Waals surface area contributed by atoms with Gasteiger partial charge in [0.1, 0.15) is 5.92 Å². The Bertz CT molecular complexity index is 589. The normalized spacial score (nSPS) is 24.2. The van der Waals surface area contributed by atoms with E-state index in [1.54, 1.807) is 0 Å². The average molecular weight is 278 g/mol. The Hall–Kier alpha value is -2.06. The molecule has 0 fully saturated rings. The second kappa shape index (κ2) is 6.15. The van der Waals surface area contributed by atoms with Crippen molar-refractivity contribution in [2.24, 2.45) is 17.8 Å². The largest absolute Gasteiger partial charge is 0.197 e. The Balaban J connectivity index is 2.73. The number of fused-ring (bicyclic) bond motifs is 1. The van der Waals surface area contributed by atoms with Gasteiger partial charge in [-0.05, 0) is 42.2 Å². The Morgan fingerprint density at radius 2 is 2.00 bits per heavy atom. The molecule has 0 aromatic heterocycles. The maximum absolute atomic E-state index is 9.59. The lowest BCUT2D eigenvalue weighted by atomic mass is 9.53. The zero-order valence-corrected chi connectivity index (χ0v) is 12.8. The van der Waals surface area contributed by atoms with Gasteiger partial charge in [0.15, 0.2) is 0 Å². The van der Waals surface area contributed by atoms with Crippen molar-refractivity contribution in [3.05, 3.63) is 48.0 Å². The molecule has 1 aliphatic rings. The van der Waals surface area contributed by atoms with Gasteiger partial charge in [0.25, 0.3) is 0 Å². The Morgan fingerprint density at radius 1 is 1.33 bits per heavy atom. The molecule has 0 saturated carbocycles. The van der Waals surface area contributed by atoms with Gasteiger partial charge in [-0.3, -0.25) is 0 Å². The minimum Gasteiger partial charge on any atom is -0.197 e. The van der Waals surface area contributed by atoms with Gasteiger partial charge in [-0.25, -0.2) is 0 Å². The predicted octanol–water partition coefficient (Wildman–Crippen LogP) is 4.38. The zero-order valence-electron chi connectivity index (χ0n) is 12.8. The van der Waals surface area contributed by atoms with Crippen LogP contribution in [-0.2, 0) is 11.8 Å². The third kappa shape index (κ3) is 2.36. The lowest BCUT2D eigenvalue weighted by molar-refractivity contribution is 0.152. The van der Waals surface area contributed by atoms with E-state index >= 15 is 0 Å². The highest BCUT2D eigenvalue weighted by Crippen LogP contribution is 2.51. The summed E-state index contributed by atoms with van der Waals surface area (Å²) in [7, 11) is 0. The number of aryl methyl sites for hydroxylation is 1. The summed E-state index contributed by atoms with van der Waals surface area (Å²) >= 11 is 0. The van der Waals surface area contributed by atoms with E-state index in [0.29, 0.717) is 18.3 Å². The number of rotatable bonds is 4. The van der Waals surface area contributed by atoms with Crippen LogP contribution in [0.1, 0.15) is 37.8 Å². The standard InChI is InChI=1S/C19H22N2/c1-4-11-19(16(12-20)13-21)17(14(2)3)10-9-15-7-5-6-8-18(15)19/h4-8,14,16-17H,1,9-11H2,2-3H3/t17?,19-/m1/s1. The number of benzene rings is 1. The van der Waals surface area contributed by atoms with E-state index in [9.17, 15) is 10.5 Å². The van der Waals surface area contributed by atoms with Crippen molar-refractivity contribution in [1.29, 1.82) is 10.5 Å². The smallest absolute Gasteiger partial charge is 0.143 e. The van der Waals surface area contributed by atoms with Gasteiger partial charge < -0.3 is 0 Å². The molecule has 2 rings (SSSR count). The summed E-state index contributed by atoms with van der Waals surface area (Å²) in [6.07, 6.45) is 4.61. The molecular formula is C19H22N2. The maximum atomic E-state index is 9.59. The number of nitrogens with zero attached hydrogens (tertiary/aromatic N) is 2. The van der Waals surface area contributed by atoms with E-state index in [-0.39, 0.29) is 0 Å². The molecule has 0 spiro atoms. The van der Waals surface area contributed by atoms with Gasteiger partial charge in [0.2, 0.25) is 0 Å². The summed E-state index contributed by atoms with van der Waals surface area (Å²) < 4.78 is 0. The fourth-order valence-electron chi connectivity index (χ4n) is 4.14. The molecule has 0 amide bonds. The first-order valence-electron chi connectivity index (χ1n) is 7.60. The van der Waals surface area contributed by atoms with Gasteiger partial charge >= 0.3 is 0 Å². The number of hydrogen-bond acceptors (Lipinski definition) is 2. The summed E-state index contributed by atoms with van der Waals surface area (Å²) in [5.41, 5.74) is 2.04. The van der Waals surface area contributed by atoms with Crippen LogP contribution in [-0.4, -0.2) is 0 Å². The summed E-state index contributed by atoms with van der Waals surface area (Å²) in [5, 5.41) is 19.2. The first kappa shape index (κ1) is 15.3. The highest BCUT2D eigenvalue weighted by Gasteiger charge is 2.50. The highest BCUT2D eigenvalue weighted by atomic mass is 14.5. The minimum atomic E-state index is -0.635. The van der Waals surface area contributed by atoms with E-state index in [1.807, 2.05) is 18.2 Å². The van der Waals surface area contributed by atoms with Crippen LogP contribution in [0.2, 0.25) is 0 Å². The van der Waals surface area contributed by atoms with E-state index in [1.165, 1.54) is 11.1 Å². The third-order valence-electron chi connectivity index (χ3n) is 4.97. The SMILES string of the molecule is C=CC[C@]1(C(C#N)C#N)c2ccccc2CCC1C(C)C. The molecule has 0 heterocycles. The summed E-state index contributed by atoms with van der Waals surface area (Å²) in [5.74, 6) is 0.126. The monoisotopic (exact) mass is 278 g/mol. The van der Waals surface area contributed by atoms with Crippen LogP contribution in [0, 0.1) is 40.4 Å². The van der Waals surface area contributed by atoms with Crippen molar-refractivity contribution >= 4 is 0 Å². The fraction of sp³-hybridized carbons (Fsp3) is 0.474. The third-order valence-corrected chi connectivity index (χ3v) is 4.97. The molecule has 21 heavy (non-hydrogen) atoms. The molecule has 2 nitrogen and oxygen atoms in total. The molecule has 1 aliphatic carbocycles. The lowest BCUT2D eigenvalue weighted by Crippen LogP contribution is -2.46. The van der Waals surface area contributed by atoms with Gasteiger partial charge in [-0.2, -0.15) is 10.5 Å². The predicted molar refractivity (Wildman–Crippen MR) is 84.3 cm³/mol. The van der Waals surface area contributed by atoms with Crippen LogP contribution >= 0.6 is 0 Å². The highest BCUT2D eigenvalue weighted by molar-refractivity contribution is 5.42. The van der Waals surface area contributed by atoms with Gasteiger partial charge in [-0.1, -0.05) is 44.2 Å². The van der Waals surface area contributed by atoms with E-state index < -0.39 is 11.3 Å².